The highest BCUT2D eigenvalue weighted by Crippen LogP contribution is 2.59. The zero-order chi connectivity index (χ0) is 27.5. The molecule has 4 aromatic carbocycles. The maximum Gasteiger partial charge on any atom is 0.355 e. The second-order valence-electron chi connectivity index (χ2n) is 9.01. The van der Waals surface area contributed by atoms with Crippen molar-refractivity contribution in [2.75, 3.05) is 13.2 Å². The summed E-state index contributed by atoms with van der Waals surface area (Å²) in [5.74, 6) is -1.60. The van der Waals surface area contributed by atoms with E-state index in [1.165, 1.54) is 0 Å². The Labute approximate surface area is 231 Å². The van der Waals surface area contributed by atoms with Crippen molar-refractivity contribution < 1.29 is 18.4 Å². The van der Waals surface area contributed by atoms with Crippen LogP contribution in [-0.2, 0) is 13.6 Å². The quantitative estimate of drug-likeness (QED) is 0.0976. The molecule has 4 aromatic rings. The first-order valence-electron chi connectivity index (χ1n) is 13.3. The van der Waals surface area contributed by atoms with Crippen LogP contribution in [0.3, 0.4) is 0 Å². The lowest BCUT2D eigenvalue weighted by Gasteiger charge is -2.31. The van der Waals surface area contributed by atoms with Gasteiger partial charge in [0.1, 0.15) is 0 Å². The van der Waals surface area contributed by atoms with Crippen molar-refractivity contribution in [1.82, 2.24) is 0 Å². The number of Topliss-reactive ketones (excluding diaryl/α,β-unsaturated/α-hetero) is 1. The van der Waals surface area contributed by atoms with Gasteiger partial charge in [0.25, 0.3) is 0 Å². The highest BCUT2D eigenvalue weighted by atomic mass is 31.2. The average molecular weight is 540 g/mol. The van der Waals surface area contributed by atoms with Gasteiger partial charge in [0.2, 0.25) is 0 Å². The van der Waals surface area contributed by atoms with E-state index >= 15 is 0 Å². The summed E-state index contributed by atoms with van der Waals surface area (Å²) >= 11 is 0. The predicted molar refractivity (Wildman–Crippen MR) is 158 cm³/mol. The van der Waals surface area contributed by atoms with E-state index in [2.05, 4.69) is 0 Å². The fourth-order valence-electron chi connectivity index (χ4n) is 4.61. The van der Waals surface area contributed by atoms with Crippen LogP contribution < -0.4 is 0 Å². The van der Waals surface area contributed by atoms with E-state index in [4.69, 9.17) is 14.0 Å². The molecule has 4 rings (SSSR count). The predicted octanol–water partition coefficient (Wildman–Crippen LogP) is 8.17. The molecule has 0 spiro atoms. The highest BCUT2D eigenvalue weighted by molar-refractivity contribution is 7.54. The molecule has 2 unspecified atom stereocenters. The number of ketones is 1. The smallest absolute Gasteiger partial charge is 0.307 e. The third kappa shape index (κ3) is 7.27. The van der Waals surface area contributed by atoms with E-state index in [0.29, 0.717) is 11.3 Å². The molecule has 0 bridgehead atoms. The molecule has 5 nitrogen and oxygen atoms in total. The van der Waals surface area contributed by atoms with E-state index in [-0.39, 0.29) is 25.4 Å². The number of benzene rings is 4. The number of carbonyl (C=O) groups is 1. The van der Waals surface area contributed by atoms with Gasteiger partial charge in [-0.2, -0.15) is 0 Å². The van der Waals surface area contributed by atoms with Crippen LogP contribution in [0.5, 0.6) is 0 Å². The van der Waals surface area contributed by atoms with Crippen LogP contribution in [0, 0.1) is 0 Å². The van der Waals surface area contributed by atoms with Crippen LogP contribution in [0.25, 0.3) is 0 Å². The number of rotatable bonds is 13. The maximum atomic E-state index is 14.6. The summed E-state index contributed by atoms with van der Waals surface area (Å²) in [5, 5.41) is 0. The molecule has 2 atom stereocenters. The van der Waals surface area contributed by atoms with Crippen molar-refractivity contribution >= 4 is 19.1 Å². The summed E-state index contributed by atoms with van der Waals surface area (Å²) in [4.78, 5) is 18.8. The van der Waals surface area contributed by atoms with Crippen molar-refractivity contribution in [2.45, 2.75) is 32.0 Å². The normalized spacial score (nSPS) is 12.9. The molecule has 6 heteroatoms. The molecule has 0 aliphatic rings. The van der Waals surface area contributed by atoms with E-state index in [9.17, 15) is 9.36 Å². The van der Waals surface area contributed by atoms with Gasteiger partial charge in [0, 0.05) is 29.0 Å². The second kappa shape index (κ2) is 14.0. The van der Waals surface area contributed by atoms with Crippen LogP contribution in [0.2, 0.25) is 0 Å². The van der Waals surface area contributed by atoms with Gasteiger partial charge in [0.15, 0.2) is 11.6 Å². The van der Waals surface area contributed by atoms with E-state index in [1.54, 1.807) is 26.0 Å². The van der Waals surface area contributed by atoms with Crippen molar-refractivity contribution in [3.05, 3.63) is 144 Å². The monoisotopic (exact) mass is 539 g/mol. The number of hydrogen-bond acceptors (Lipinski definition) is 5. The van der Waals surface area contributed by atoms with Crippen LogP contribution in [-0.4, -0.2) is 30.5 Å². The number of aliphatic imine (C=N–C) groups is 1. The molecule has 0 saturated heterocycles. The van der Waals surface area contributed by atoms with Crippen molar-refractivity contribution in [2.24, 2.45) is 4.99 Å². The molecular weight excluding hydrogens is 505 g/mol. The molecule has 0 N–H and O–H groups in total. The lowest BCUT2D eigenvalue weighted by molar-refractivity contribution is 0.0971. The lowest BCUT2D eigenvalue weighted by Crippen LogP contribution is -2.25. The summed E-state index contributed by atoms with van der Waals surface area (Å²) < 4.78 is 26.4. The Morgan fingerprint density at radius 3 is 1.51 bits per heavy atom. The second-order valence-corrected chi connectivity index (χ2v) is 11.1. The standard InChI is InChI=1S/C33H34NO4P/c1-3-37-39(36,38-4-2)33(34-32(28-21-13-7-14-22-28)29-23-15-8-16-24-29)30(26-17-9-5-10-18-26)25-31(35)27-19-11-6-12-20-27/h5-24,30,33H,3-4,25H2,1-2H3. The first kappa shape index (κ1) is 28.4. The van der Waals surface area contributed by atoms with Crippen LogP contribution in [0.15, 0.2) is 126 Å². The summed E-state index contributed by atoms with van der Waals surface area (Å²) in [6.07, 6.45) is 0.0865. The molecule has 0 aromatic heterocycles. The van der Waals surface area contributed by atoms with Gasteiger partial charge >= 0.3 is 7.60 Å². The average Bonchev–Trinajstić information content (AvgIpc) is 2.99. The SMILES string of the molecule is CCOP(=O)(OCC)C(N=C(c1ccccc1)c1ccccc1)C(CC(=O)c1ccccc1)c1ccccc1. The van der Waals surface area contributed by atoms with E-state index < -0.39 is 19.3 Å². The highest BCUT2D eigenvalue weighted by Gasteiger charge is 2.43. The first-order valence-corrected chi connectivity index (χ1v) is 14.9. The van der Waals surface area contributed by atoms with Gasteiger partial charge < -0.3 is 9.05 Å². The number of carbonyl (C=O) groups excluding carboxylic acids is 1. The summed E-state index contributed by atoms with van der Waals surface area (Å²) in [6.45, 7) is 3.94. The Kier molecular flexibility index (Phi) is 10.2. The molecule has 39 heavy (non-hydrogen) atoms. The summed E-state index contributed by atoms with van der Waals surface area (Å²) in [5.41, 5.74) is 3.84. The molecule has 0 radical (unpaired) electrons. The molecule has 0 saturated carbocycles. The molecular formula is C33H34NO4P. The maximum absolute atomic E-state index is 14.6. The minimum Gasteiger partial charge on any atom is -0.307 e. The number of hydrogen-bond donors (Lipinski definition) is 0. The molecule has 0 fully saturated rings. The Bertz CT molecular complexity index is 1340. The zero-order valence-corrected chi connectivity index (χ0v) is 23.2. The summed E-state index contributed by atoms with van der Waals surface area (Å²) in [6, 6.07) is 38.4. The third-order valence-corrected chi connectivity index (χ3v) is 8.75. The van der Waals surface area contributed by atoms with Crippen LogP contribution >= 0.6 is 7.60 Å². The van der Waals surface area contributed by atoms with Crippen molar-refractivity contribution in [3.8, 4) is 0 Å². The van der Waals surface area contributed by atoms with Gasteiger partial charge in [-0.3, -0.25) is 14.4 Å². The fourth-order valence-corrected chi connectivity index (χ4v) is 6.68. The Balaban J connectivity index is 1.94. The van der Waals surface area contributed by atoms with Gasteiger partial charge in [-0.1, -0.05) is 121 Å². The Morgan fingerprint density at radius 1 is 0.667 bits per heavy atom. The molecule has 0 heterocycles. The number of nitrogens with zero attached hydrogens (tertiary/aromatic N) is 1. The zero-order valence-electron chi connectivity index (χ0n) is 22.4. The minimum atomic E-state index is -3.83. The molecule has 0 aliphatic heterocycles. The molecule has 0 aliphatic carbocycles. The van der Waals surface area contributed by atoms with Gasteiger partial charge in [0.05, 0.1) is 18.9 Å². The van der Waals surface area contributed by atoms with E-state index in [0.717, 1.165) is 16.7 Å². The minimum absolute atomic E-state index is 0.0647. The van der Waals surface area contributed by atoms with Crippen LogP contribution in [0.1, 0.15) is 53.2 Å². The van der Waals surface area contributed by atoms with Crippen molar-refractivity contribution in [3.63, 3.8) is 0 Å². The topological polar surface area (TPSA) is 65.0 Å². The Hall–Kier alpha value is -3.63. The van der Waals surface area contributed by atoms with Crippen molar-refractivity contribution in [1.29, 1.82) is 0 Å². The Morgan fingerprint density at radius 2 is 1.08 bits per heavy atom. The largest absolute Gasteiger partial charge is 0.355 e. The van der Waals surface area contributed by atoms with Gasteiger partial charge in [-0.25, -0.2) is 0 Å². The van der Waals surface area contributed by atoms with Gasteiger partial charge in [-0.15, -0.1) is 0 Å². The summed E-state index contributed by atoms with van der Waals surface area (Å²) in [7, 11) is -3.83. The van der Waals surface area contributed by atoms with Gasteiger partial charge in [-0.05, 0) is 19.4 Å². The van der Waals surface area contributed by atoms with Crippen LogP contribution in [0.4, 0.5) is 0 Å². The molecule has 200 valence electrons. The van der Waals surface area contributed by atoms with E-state index in [1.807, 2.05) is 109 Å². The fraction of sp³-hybridized carbons (Fsp3) is 0.212. The molecule has 0 amide bonds. The first-order chi connectivity index (χ1) is 19.1. The lowest BCUT2D eigenvalue weighted by atomic mass is 9.91. The third-order valence-electron chi connectivity index (χ3n) is 6.39.